The molecule has 0 aromatic carbocycles. The molecule has 2 aromatic heterocycles. The van der Waals surface area contributed by atoms with Gasteiger partial charge in [-0.15, -0.1) is 20.4 Å². The Labute approximate surface area is 142 Å². The summed E-state index contributed by atoms with van der Waals surface area (Å²) in [6, 6.07) is 0. The SMILES string of the molecule is CC/C(=C/O)Nc1nnc([C@H]2CCCC(c3nnc(N)s3)C2)s1. The van der Waals surface area contributed by atoms with Gasteiger partial charge in [0.2, 0.25) is 10.3 Å². The highest BCUT2D eigenvalue weighted by atomic mass is 32.1. The number of hydrogen-bond acceptors (Lipinski definition) is 9. The van der Waals surface area contributed by atoms with Gasteiger partial charge in [0.25, 0.3) is 0 Å². The van der Waals surface area contributed by atoms with Crippen LogP contribution in [-0.2, 0) is 0 Å². The van der Waals surface area contributed by atoms with Crippen LogP contribution in [0.2, 0.25) is 0 Å². The number of nitrogen functional groups attached to an aromatic ring is 1. The summed E-state index contributed by atoms with van der Waals surface area (Å²) in [6.45, 7) is 1.97. The molecule has 3 rings (SSSR count). The molecule has 0 radical (unpaired) electrons. The molecule has 7 nitrogen and oxygen atoms in total. The minimum Gasteiger partial charge on any atom is -0.514 e. The zero-order valence-electron chi connectivity index (χ0n) is 12.9. The first kappa shape index (κ1) is 16.1. The van der Waals surface area contributed by atoms with Gasteiger partial charge in [-0.05, 0) is 25.7 Å². The number of aromatic nitrogens is 4. The zero-order chi connectivity index (χ0) is 16.2. The van der Waals surface area contributed by atoms with Crippen LogP contribution in [0.25, 0.3) is 0 Å². The molecular weight excluding hydrogens is 332 g/mol. The van der Waals surface area contributed by atoms with Crippen molar-refractivity contribution in [3.05, 3.63) is 22.0 Å². The monoisotopic (exact) mass is 352 g/mol. The number of nitrogens with two attached hydrogens (primary N) is 1. The molecular formula is C14H20N6OS2. The van der Waals surface area contributed by atoms with Crippen LogP contribution < -0.4 is 11.1 Å². The maximum atomic E-state index is 9.12. The Kier molecular flexibility index (Phi) is 5.06. The van der Waals surface area contributed by atoms with Crippen LogP contribution in [0.5, 0.6) is 0 Å². The predicted octanol–water partition coefficient (Wildman–Crippen LogP) is 3.63. The molecule has 0 amide bonds. The number of nitrogens with one attached hydrogen (secondary N) is 1. The molecule has 1 unspecified atom stereocenters. The number of aliphatic hydroxyl groups excluding tert-OH is 1. The third kappa shape index (κ3) is 3.78. The van der Waals surface area contributed by atoms with Crippen molar-refractivity contribution >= 4 is 32.9 Å². The van der Waals surface area contributed by atoms with Gasteiger partial charge in [0, 0.05) is 11.8 Å². The maximum absolute atomic E-state index is 9.12. The second-order valence-electron chi connectivity index (χ2n) is 5.62. The smallest absolute Gasteiger partial charge is 0.209 e. The van der Waals surface area contributed by atoms with Gasteiger partial charge >= 0.3 is 0 Å². The Morgan fingerprint density at radius 1 is 1.22 bits per heavy atom. The Balaban J connectivity index is 1.68. The van der Waals surface area contributed by atoms with Crippen LogP contribution >= 0.6 is 22.7 Å². The minimum atomic E-state index is 0.398. The molecule has 1 fully saturated rings. The van der Waals surface area contributed by atoms with Crippen molar-refractivity contribution in [1.29, 1.82) is 0 Å². The quantitative estimate of drug-likeness (QED) is 0.705. The topological polar surface area (TPSA) is 110 Å². The third-order valence-corrected chi connectivity index (χ3v) is 5.99. The fraction of sp³-hybridized carbons (Fsp3) is 0.571. The van der Waals surface area contributed by atoms with E-state index in [4.69, 9.17) is 10.8 Å². The molecule has 2 atom stereocenters. The second-order valence-corrected chi connectivity index (χ2v) is 7.67. The lowest BCUT2D eigenvalue weighted by Crippen LogP contribution is -2.12. The Bertz CT molecular complexity index is 682. The van der Waals surface area contributed by atoms with Crippen molar-refractivity contribution in [3.63, 3.8) is 0 Å². The summed E-state index contributed by atoms with van der Waals surface area (Å²) in [6.07, 6.45) is 6.21. The first-order chi connectivity index (χ1) is 11.2. The molecule has 9 heteroatoms. The van der Waals surface area contributed by atoms with E-state index in [1.54, 1.807) is 11.3 Å². The normalized spacial score (nSPS) is 22.2. The van der Waals surface area contributed by atoms with E-state index in [1.165, 1.54) is 11.3 Å². The van der Waals surface area contributed by atoms with E-state index in [1.807, 2.05) is 6.92 Å². The van der Waals surface area contributed by atoms with Gasteiger partial charge in [0.1, 0.15) is 10.0 Å². The van der Waals surface area contributed by atoms with Gasteiger partial charge in [-0.25, -0.2) is 0 Å². The van der Waals surface area contributed by atoms with Gasteiger partial charge < -0.3 is 16.2 Å². The number of rotatable bonds is 5. The standard InChI is InChI=1S/C14H20N6OS2/c1-2-10(7-21)16-14-20-18-12(23-14)9-5-3-4-8(6-9)11-17-19-13(15)22-11/h7-9,21H,2-6H2,1H3,(H2,15,19)(H,16,20)/b10-7-/t8?,9-/m0/s1. The summed E-state index contributed by atoms with van der Waals surface area (Å²) >= 11 is 3.04. The molecule has 1 aliphatic rings. The van der Waals surface area contributed by atoms with Gasteiger partial charge in [-0.3, -0.25) is 0 Å². The highest BCUT2D eigenvalue weighted by Crippen LogP contribution is 2.43. The predicted molar refractivity (Wildman–Crippen MR) is 92.8 cm³/mol. The molecule has 4 N–H and O–H groups in total. The minimum absolute atomic E-state index is 0.398. The van der Waals surface area contributed by atoms with Crippen LogP contribution in [-0.4, -0.2) is 25.5 Å². The molecule has 0 bridgehead atoms. The van der Waals surface area contributed by atoms with Crippen molar-refractivity contribution in [2.45, 2.75) is 50.9 Å². The van der Waals surface area contributed by atoms with E-state index in [2.05, 4.69) is 25.7 Å². The molecule has 0 saturated heterocycles. The van der Waals surface area contributed by atoms with Crippen molar-refractivity contribution in [1.82, 2.24) is 20.4 Å². The fourth-order valence-corrected chi connectivity index (χ4v) is 4.53. The van der Waals surface area contributed by atoms with Gasteiger partial charge in [0.15, 0.2) is 0 Å². The molecule has 2 aromatic rings. The van der Waals surface area contributed by atoms with Crippen molar-refractivity contribution in [3.8, 4) is 0 Å². The first-order valence-electron chi connectivity index (χ1n) is 7.72. The Morgan fingerprint density at radius 3 is 2.52 bits per heavy atom. The third-order valence-electron chi connectivity index (χ3n) is 4.07. The summed E-state index contributed by atoms with van der Waals surface area (Å²) < 4.78 is 0. The fourth-order valence-electron chi connectivity index (χ4n) is 2.85. The number of anilines is 2. The average molecular weight is 352 g/mol. The maximum Gasteiger partial charge on any atom is 0.209 e. The van der Waals surface area contributed by atoms with E-state index in [-0.39, 0.29) is 0 Å². The molecule has 2 heterocycles. The lowest BCUT2D eigenvalue weighted by Gasteiger charge is -2.25. The summed E-state index contributed by atoms with van der Waals surface area (Å²) in [5.74, 6) is 0.808. The Hall–Kier alpha value is -1.74. The van der Waals surface area contributed by atoms with E-state index in [0.717, 1.165) is 59.2 Å². The largest absolute Gasteiger partial charge is 0.514 e. The number of nitrogens with zero attached hydrogens (tertiary/aromatic N) is 4. The van der Waals surface area contributed by atoms with Gasteiger partial charge in [0.05, 0.1) is 12.0 Å². The highest BCUT2D eigenvalue weighted by molar-refractivity contribution is 7.15. The van der Waals surface area contributed by atoms with Crippen molar-refractivity contribution in [2.75, 3.05) is 11.1 Å². The molecule has 124 valence electrons. The zero-order valence-corrected chi connectivity index (χ0v) is 14.5. The number of aliphatic hydroxyl groups is 1. The van der Waals surface area contributed by atoms with Crippen LogP contribution in [0, 0.1) is 0 Å². The molecule has 0 aliphatic heterocycles. The van der Waals surface area contributed by atoms with Crippen molar-refractivity contribution in [2.24, 2.45) is 0 Å². The summed E-state index contributed by atoms with van der Waals surface area (Å²) in [5, 5.41) is 32.2. The summed E-state index contributed by atoms with van der Waals surface area (Å²) in [5.41, 5.74) is 6.43. The highest BCUT2D eigenvalue weighted by Gasteiger charge is 2.29. The van der Waals surface area contributed by atoms with E-state index in [9.17, 15) is 0 Å². The number of hydrogen-bond donors (Lipinski definition) is 3. The van der Waals surface area contributed by atoms with E-state index >= 15 is 0 Å². The van der Waals surface area contributed by atoms with Gasteiger partial charge in [-0.2, -0.15) is 0 Å². The first-order valence-corrected chi connectivity index (χ1v) is 9.35. The number of allylic oxidation sites excluding steroid dienone is 1. The average Bonchev–Trinajstić information content (AvgIpc) is 3.22. The summed E-state index contributed by atoms with van der Waals surface area (Å²) in [7, 11) is 0. The van der Waals surface area contributed by atoms with Crippen LogP contribution in [0.1, 0.15) is 60.9 Å². The van der Waals surface area contributed by atoms with E-state index in [0.29, 0.717) is 17.0 Å². The molecule has 1 aliphatic carbocycles. The second kappa shape index (κ2) is 7.22. The van der Waals surface area contributed by atoms with Crippen LogP contribution in [0.15, 0.2) is 12.0 Å². The molecule has 0 spiro atoms. The van der Waals surface area contributed by atoms with E-state index < -0.39 is 0 Å². The van der Waals surface area contributed by atoms with Crippen molar-refractivity contribution < 1.29 is 5.11 Å². The Morgan fingerprint density at radius 2 is 1.91 bits per heavy atom. The van der Waals surface area contributed by atoms with Crippen LogP contribution in [0.4, 0.5) is 10.3 Å². The molecule has 23 heavy (non-hydrogen) atoms. The summed E-state index contributed by atoms with van der Waals surface area (Å²) in [4.78, 5) is 0. The van der Waals surface area contributed by atoms with Crippen LogP contribution in [0.3, 0.4) is 0 Å². The molecule has 1 saturated carbocycles. The lowest BCUT2D eigenvalue weighted by molar-refractivity contribution is 0.390. The lowest BCUT2D eigenvalue weighted by atomic mass is 9.82. The van der Waals surface area contributed by atoms with Gasteiger partial charge in [-0.1, -0.05) is 36.0 Å².